The molecular weight excluding hydrogens is 356 g/mol. The maximum atomic E-state index is 12.6. The molecule has 0 aliphatic rings. The van der Waals surface area contributed by atoms with Gasteiger partial charge in [0.25, 0.3) is 5.91 Å². The Bertz CT molecular complexity index is 1130. The third-order valence-corrected chi connectivity index (χ3v) is 4.34. The van der Waals surface area contributed by atoms with Crippen molar-refractivity contribution in [3.05, 3.63) is 60.7 Å². The lowest BCUT2D eigenvalue weighted by molar-refractivity contribution is 0.102. The zero-order valence-corrected chi connectivity index (χ0v) is 15.8. The van der Waals surface area contributed by atoms with Gasteiger partial charge >= 0.3 is 0 Å². The molecule has 0 saturated carbocycles. The van der Waals surface area contributed by atoms with Crippen molar-refractivity contribution in [2.45, 2.75) is 19.9 Å². The summed E-state index contributed by atoms with van der Waals surface area (Å²) in [6, 6.07) is 11.2. The molecule has 0 spiro atoms. The lowest BCUT2D eigenvalue weighted by atomic mass is 10.3. The molecule has 1 aromatic carbocycles. The van der Waals surface area contributed by atoms with Crippen LogP contribution in [0.4, 0.5) is 5.69 Å². The summed E-state index contributed by atoms with van der Waals surface area (Å²) >= 11 is 0. The maximum absolute atomic E-state index is 12.6. The van der Waals surface area contributed by atoms with Gasteiger partial charge in [-0.15, -0.1) is 0 Å². The van der Waals surface area contributed by atoms with E-state index in [4.69, 9.17) is 4.74 Å². The molecule has 0 unspecified atom stereocenters. The summed E-state index contributed by atoms with van der Waals surface area (Å²) in [5.41, 5.74) is 2.54. The van der Waals surface area contributed by atoms with Crippen LogP contribution in [0.25, 0.3) is 16.7 Å². The molecule has 0 saturated heterocycles. The minimum atomic E-state index is -0.301. The Morgan fingerprint density at radius 1 is 1.14 bits per heavy atom. The molecule has 0 atom stereocenters. The number of amides is 1. The normalized spacial score (nSPS) is 11.1. The van der Waals surface area contributed by atoms with Gasteiger partial charge in [0.2, 0.25) is 0 Å². The molecule has 0 aliphatic carbocycles. The lowest BCUT2D eigenvalue weighted by Gasteiger charge is -2.07. The number of methoxy groups -OCH3 is 1. The number of benzene rings is 1. The first-order valence-electron chi connectivity index (χ1n) is 8.90. The van der Waals surface area contributed by atoms with E-state index in [1.165, 1.54) is 0 Å². The second kappa shape index (κ2) is 7.15. The van der Waals surface area contributed by atoms with E-state index >= 15 is 0 Å². The summed E-state index contributed by atoms with van der Waals surface area (Å²) in [5, 5.41) is 12.4. The number of aromatic nitrogens is 5. The van der Waals surface area contributed by atoms with E-state index in [1.54, 1.807) is 36.4 Å². The molecule has 1 amide bonds. The van der Waals surface area contributed by atoms with Crippen molar-refractivity contribution in [3.8, 4) is 11.4 Å². The predicted octanol–water partition coefficient (Wildman–Crippen LogP) is 3.46. The average molecular weight is 376 g/mol. The number of pyridine rings is 1. The molecule has 0 aliphatic heterocycles. The molecule has 4 aromatic rings. The highest BCUT2D eigenvalue weighted by molar-refractivity contribution is 6.03. The van der Waals surface area contributed by atoms with Crippen LogP contribution in [0.2, 0.25) is 0 Å². The number of nitrogens with zero attached hydrogens (tertiary/aromatic N) is 5. The fourth-order valence-corrected chi connectivity index (χ4v) is 2.91. The Morgan fingerprint density at radius 3 is 2.64 bits per heavy atom. The molecule has 0 radical (unpaired) electrons. The number of ether oxygens (including phenoxy) is 1. The van der Waals surface area contributed by atoms with E-state index in [0.717, 1.165) is 22.5 Å². The smallest absolute Gasteiger partial charge is 0.276 e. The van der Waals surface area contributed by atoms with Gasteiger partial charge in [-0.05, 0) is 50.2 Å². The highest BCUT2D eigenvalue weighted by Gasteiger charge is 2.13. The monoisotopic (exact) mass is 376 g/mol. The Morgan fingerprint density at radius 2 is 1.93 bits per heavy atom. The summed E-state index contributed by atoms with van der Waals surface area (Å²) in [6.07, 6.45) is 5.11. The lowest BCUT2D eigenvalue weighted by Crippen LogP contribution is -2.13. The molecule has 3 heterocycles. The summed E-state index contributed by atoms with van der Waals surface area (Å²) in [5.74, 6) is 0.460. The van der Waals surface area contributed by atoms with Crippen LogP contribution in [0.15, 0.2) is 55.0 Å². The van der Waals surface area contributed by atoms with E-state index in [2.05, 4.69) is 20.5 Å². The van der Waals surface area contributed by atoms with Gasteiger partial charge in [-0.2, -0.15) is 10.2 Å². The van der Waals surface area contributed by atoms with E-state index < -0.39 is 0 Å². The largest absolute Gasteiger partial charge is 0.497 e. The summed E-state index contributed by atoms with van der Waals surface area (Å²) in [6.45, 7) is 4.09. The Balaban J connectivity index is 1.52. The molecule has 8 nitrogen and oxygen atoms in total. The maximum Gasteiger partial charge on any atom is 0.276 e. The van der Waals surface area contributed by atoms with Crippen molar-refractivity contribution in [1.82, 2.24) is 24.5 Å². The highest BCUT2D eigenvalue weighted by atomic mass is 16.5. The molecule has 8 heteroatoms. The number of hydrogen-bond donors (Lipinski definition) is 1. The molecule has 142 valence electrons. The van der Waals surface area contributed by atoms with E-state index in [9.17, 15) is 4.79 Å². The molecular formula is C20H20N6O2. The van der Waals surface area contributed by atoms with Crippen molar-refractivity contribution in [3.63, 3.8) is 0 Å². The number of carbonyl (C=O) groups excluding carboxylic acids is 1. The molecule has 3 aromatic heterocycles. The molecule has 4 rings (SSSR count). The van der Waals surface area contributed by atoms with Crippen molar-refractivity contribution in [1.29, 1.82) is 0 Å². The summed E-state index contributed by atoms with van der Waals surface area (Å²) in [4.78, 5) is 17.0. The van der Waals surface area contributed by atoms with Crippen LogP contribution in [0.5, 0.6) is 5.75 Å². The van der Waals surface area contributed by atoms with E-state index in [1.807, 2.05) is 48.9 Å². The van der Waals surface area contributed by atoms with Crippen molar-refractivity contribution < 1.29 is 9.53 Å². The zero-order valence-electron chi connectivity index (χ0n) is 15.8. The minimum Gasteiger partial charge on any atom is -0.497 e. The first kappa shape index (κ1) is 17.7. The number of anilines is 1. The van der Waals surface area contributed by atoms with Gasteiger partial charge in [0.1, 0.15) is 5.75 Å². The standard InChI is InChI=1S/C20H20N6O2/c1-13(2)26-19-14(11-22-26)10-15(12-21-19)23-20(27)18-8-9-25(24-18)16-4-6-17(28-3)7-5-16/h4-13H,1-3H3,(H,23,27). The topological polar surface area (TPSA) is 86.9 Å². The molecule has 1 N–H and O–H groups in total. The Labute approximate surface area is 161 Å². The quantitative estimate of drug-likeness (QED) is 0.576. The first-order valence-corrected chi connectivity index (χ1v) is 8.90. The third-order valence-electron chi connectivity index (χ3n) is 4.34. The predicted molar refractivity (Wildman–Crippen MR) is 106 cm³/mol. The highest BCUT2D eigenvalue weighted by Crippen LogP contribution is 2.20. The average Bonchev–Trinajstić information content (AvgIpc) is 3.35. The molecule has 28 heavy (non-hydrogen) atoms. The second-order valence-corrected chi connectivity index (χ2v) is 6.62. The van der Waals surface area contributed by atoms with Gasteiger partial charge in [0.15, 0.2) is 11.3 Å². The van der Waals surface area contributed by atoms with Crippen molar-refractivity contribution in [2.75, 3.05) is 12.4 Å². The van der Waals surface area contributed by atoms with Crippen LogP contribution in [0.1, 0.15) is 30.4 Å². The van der Waals surface area contributed by atoms with Crippen molar-refractivity contribution >= 4 is 22.6 Å². The fraction of sp³-hybridized carbons (Fsp3) is 0.200. The van der Waals surface area contributed by atoms with Crippen LogP contribution < -0.4 is 10.1 Å². The van der Waals surface area contributed by atoms with Gasteiger partial charge in [0.05, 0.1) is 30.9 Å². The third kappa shape index (κ3) is 3.32. The summed E-state index contributed by atoms with van der Waals surface area (Å²) < 4.78 is 8.64. The van der Waals surface area contributed by atoms with Gasteiger partial charge in [-0.25, -0.2) is 14.3 Å². The van der Waals surface area contributed by atoms with E-state index in [0.29, 0.717) is 11.4 Å². The van der Waals surface area contributed by atoms with Gasteiger partial charge in [0, 0.05) is 17.6 Å². The number of carbonyl (C=O) groups is 1. The van der Waals surface area contributed by atoms with Crippen molar-refractivity contribution in [2.24, 2.45) is 0 Å². The van der Waals surface area contributed by atoms with Gasteiger partial charge in [-0.1, -0.05) is 0 Å². The molecule has 0 fully saturated rings. The van der Waals surface area contributed by atoms with Crippen LogP contribution in [-0.4, -0.2) is 37.6 Å². The second-order valence-electron chi connectivity index (χ2n) is 6.62. The summed E-state index contributed by atoms with van der Waals surface area (Å²) in [7, 11) is 1.62. The number of nitrogens with one attached hydrogen (secondary N) is 1. The Hall–Kier alpha value is -3.68. The first-order chi connectivity index (χ1) is 13.5. The van der Waals surface area contributed by atoms with Crippen LogP contribution >= 0.6 is 0 Å². The zero-order chi connectivity index (χ0) is 19.7. The van der Waals surface area contributed by atoms with E-state index in [-0.39, 0.29) is 11.9 Å². The van der Waals surface area contributed by atoms with Gasteiger partial charge in [-0.3, -0.25) is 4.79 Å². The fourth-order valence-electron chi connectivity index (χ4n) is 2.91. The molecule has 0 bridgehead atoms. The number of rotatable bonds is 5. The SMILES string of the molecule is COc1ccc(-n2ccc(C(=O)Nc3cnc4c(cnn4C(C)C)c3)n2)cc1. The Kier molecular flexibility index (Phi) is 4.52. The van der Waals surface area contributed by atoms with Gasteiger partial charge < -0.3 is 10.1 Å². The van der Waals surface area contributed by atoms with Crippen LogP contribution in [-0.2, 0) is 0 Å². The number of hydrogen-bond acceptors (Lipinski definition) is 5. The number of fused-ring (bicyclic) bond motifs is 1. The van der Waals surface area contributed by atoms with Crippen LogP contribution in [0.3, 0.4) is 0 Å². The minimum absolute atomic E-state index is 0.215. The van der Waals surface area contributed by atoms with Crippen LogP contribution in [0, 0.1) is 0 Å².